The van der Waals surface area contributed by atoms with Crippen molar-refractivity contribution in [3.8, 4) is 0 Å². The smallest absolute Gasteiger partial charge is 0.282 e. The van der Waals surface area contributed by atoms with E-state index >= 15 is 0 Å². The molecule has 8 heteroatoms. The number of carbonyl (C=O) groups is 1. The van der Waals surface area contributed by atoms with Crippen molar-refractivity contribution < 1.29 is 17.9 Å². The molecule has 2 saturated heterocycles. The summed E-state index contributed by atoms with van der Waals surface area (Å²) in [4.78, 5) is 14.5. The van der Waals surface area contributed by atoms with Crippen molar-refractivity contribution in [3.63, 3.8) is 0 Å². The third-order valence-electron chi connectivity index (χ3n) is 5.54. The standard InChI is InChI=1S/C17H31N3O4S/c1-14-12-20(13-15(2)24-14)25(22,23)19-10-8-18(9-11-19)17(21)16-6-4-3-5-7-16/h14-16H,3-13H2,1-2H3/t14-,15-/m0/s1. The Labute approximate surface area is 151 Å². The van der Waals surface area contributed by atoms with Crippen molar-refractivity contribution in [3.05, 3.63) is 0 Å². The molecule has 2 aliphatic heterocycles. The molecule has 1 aliphatic carbocycles. The Morgan fingerprint density at radius 1 is 0.880 bits per heavy atom. The van der Waals surface area contributed by atoms with Crippen LogP contribution < -0.4 is 0 Å². The lowest BCUT2D eigenvalue weighted by molar-refractivity contribution is -0.137. The van der Waals surface area contributed by atoms with Crippen LogP contribution in [0, 0.1) is 5.92 Å². The van der Waals surface area contributed by atoms with E-state index in [0.29, 0.717) is 39.3 Å². The molecule has 7 nitrogen and oxygen atoms in total. The van der Waals surface area contributed by atoms with E-state index in [4.69, 9.17) is 4.74 Å². The second kappa shape index (κ2) is 7.90. The molecular formula is C17H31N3O4S. The maximum Gasteiger partial charge on any atom is 0.282 e. The summed E-state index contributed by atoms with van der Waals surface area (Å²) in [5.74, 6) is 0.378. The molecule has 1 saturated carbocycles. The molecule has 25 heavy (non-hydrogen) atoms. The highest BCUT2D eigenvalue weighted by atomic mass is 32.2. The van der Waals surface area contributed by atoms with Crippen LogP contribution in [0.1, 0.15) is 46.0 Å². The first-order valence-corrected chi connectivity index (χ1v) is 11.0. The Bertz CT molecular complexity index is 558. The van der Waals surface area contributed by atoms with Gasteiger partial charge in [-0.3, -0.25) is 4.79 Å². The molecular weight excluding hydrogens is 342 g/mol. The summed E-state index contributed by atoms with van der Waals surface area (Å²) in [5, 5.41) is 0. The summed E-state index contributed by atoms with van der Waals surface area (Å²) in [6.45, 7) is 6.38. The van der Waals surface area contributed by atoms with Crippen LogP contribution in [0.25, 0.3) is 0 Å². The summed E-state index contributed by atoms with van der Waals surface area (Å²) in [7, 11) is -3.48. The van der Waals surface area contributed by atoms with E-state index in [1.807, 2.05) is 18.7 Å². The van der Waals surface area contributed by atoms with Crippen molar-refractivity contribution >= 4 is 16.1 Å². The normalized spacial score (nSPS) is 31.2. The van der Waals surface area contributed by atoms with Gasteiger partial charge in [0.15, 0.2) is 0 Å². The minimum Gasteiger partial charge on any atom is -0.373 e. The Balaban J connectivity index is 1.56. The summed E-state index contributed by atoms with van der Waals surface area (Å²) >= 11 is 0. The van der Waals surface area contributed by atoms with Gasteiger partial charge in [-0.15, -0.1) is 0 Å². The number of carbonyl (C=O) groups excluding carboxylic acids is 1. The Hall–Kier alpha value is -0.700. The van der Waals surface area contributed by atoms with Crippen molar-refractivity contribution in [1.82, 2.24) is 13.5 Å². The number of rotatable bonds is 3. The van der Waals surface area contributed by atoms with Gasteiger partial charge >= 0.3 is 0 Å². The zero-order valence-electron chi connectivity index (χ0n) is 15.4. The fourth-order valence-electron chi connectivity index (χ4n) is 4.23. The van der Waals surface area contributed by atoms with Crippen LogP contribution in [0.3, 0.4) is 0 Å². The Morgan fingerprint density at radius 2 is 1.44 bits per heavy atom. The lowest BCUT2D eigenvalue weighted by atomic mass is 9.88. The molecule has 0 N–H and O–H groups in total. The van der Waals surface area contributed by atoms with Crippen molar-refractivity contribution in [2.24, 2.45) is 5.92 Å². The van der Waals surface area contributed by atoms with Crippen molar-refractivity contribution in [2.75, 3.05) is 39.3 Å². The highest BCUT2D eigenvalue weighted by molar-refractivity contribution is 7.86. The number of ether oxygens (including phenoxy) is 1. The van der Waals surface area contributed by atoms with Gasteiger partial charge in [0, 0.05) is 45.2 Å². The second-order valence-electron chi connectivity index (χ2n) is 7.64. The van der Waals surface area contributed by atoms with E-state index in [2.05, 4.69) is 0 Å². The van der Waals surface area contributed by atoms with Gasteiger partial charge in [0.25, 0.3) is 10.2 Å². The number of morpholine rings is 1. The molecule has 3 rings (SSSR count). The molecule has 2 heterocycles. The maximum atomic E-state index is 12.9. The summed E-state index contributed by atoms with van der Waals surface area (Å²) in [6.07, 6.45) is 5.30. The number of hydrogen-bond acceptors (Lipinski definition) is 4. The van der Waals surface area contributed by atoms with E-state index in [1.54, 1.807) is 0 Å². The van der Waals surface area contributed by atoms with Crippen molar-refractivity contribution in [2.45, 2.75) is 58.2 Å². The first-order chi connectivity index (χ1) is 11.9. The van der Waals surface area contributed by atoms with Crippen LogP contribution in [0.2, 0.25) is 0 Å². The molecule has 0 aromatic rings. The quantitative estimate of drug-likeness (QED) is 0.742. The van der Waals surface area contributed by atoms with E-state index in [0.717, 1.165) is 25.7 Å². The fourth-order valence-corrected chi connectivity index (χ4v) is 5.98. The molecule has 144 valence electrons. The molecule has 3 aliphatic rings. The number of piperazine rings is 1. The van der Waals surface area contributed by atoms with Crippen LogP contribution in [-0.2, 0) is 19.7 Å². The first-order valence-electron chi connectivity index (χ1n) is 9.57. The molecule has 0 spiro atoms. The summed E-state index contributed by atoms with van der Waals surface area (Å²) in [5.41, 5.74) is 0. The fraction of sp³-hybridized carbons (Fsp3) is 0.941. The summed E-state index contributed by atoms with van der Waals surface area (Å²) < 4.78 is 34.5. The van der Waals surface area contributed by atoms with Gasteiger partial charge < -0.3 is 9.64 Å². The molecule has 0 aromatic carbocycles. The van der Waals surface area contributed by atoms with Gasteiger partial charge in [-0.2, -0.15) is 17.0 Å². The minimum absolute atomic E-state index is 0.0901. The zero-order valence-corrected chi connectivity index (χ0v) is 16.2. The first kappa shape index (κ1) is 19.1. The molecule has 1 amide bonds. The van der Waals surface area contributed by atoms with Gasteiger partial charge in [0.1, 0.15) is 0 Å². The molecule has 0 bridgehead atoms. The number of hydrogen-bond donors (Lipinski definition) is 0. The highest BCUT2D eigenvalue weighted by Gasteiger charge is 2.38. The minimum atomic E-state index is -3.48. The molecule has 3 fully saturated rings. The lowest BCUT2D eigenvalue weighted by Crippen LogP contribution is -2.58. The van der Waals surface area contributed by atoms with E-state index in [-0.39, 0.29) is 24.0 Å². The monoisotopic (exact) mass is 373 g/mol. The Morgan fingerprint density at radius 3 is 2.00 bits per heavy atom. The van der Waals surface area contributed by atoms with Gasteiger partial charge in [-0.1, -0.05) is 19.3 Å². The van der Waals surface area contributed by atoms with Crippen LogP contribution >= 0.6 is 0 Å². The second-order valence-corrected chi connectivity index (χ2v) is 9.57. The average Bonchev–Trinajstić information content (AvgIpc) is 2.61. The topological polar surface area (TPSA) is 70.2 Å². The molecule has 0 unspecified atom stereocenters. The zero-order chi connectivity index (χ0) is 18.0. The summed E-state index contributed by atoms with van der Waals surface area (Å²) in [6, 6.07) is 0. The van der Waals surface area contributed by atoms with Crippen LogP contribution in [0.4, 0.5) is 0 Å². The number of amides is 1. The largest absolute Gasteiger partial charge is 0.373 e. The van der Waals surface area contributed by atoms with E-state index in [1.165, 1.54) is 15.0 Å². The van der Waals surface area contributed by atoms with Gasteiger partial charge in [-0.05, 0) is 26.7 Å². The third kappa shape index (κ3) is 4.35. The predicted molar refractivity (Wildman–Crippen MR) is 95.2 cm³/mol. The van der Waals surface area contributed by atoms with Crippen LogP contribution in [0.15, 0.2) is 0 Å². The SMILES string of the molecule is C[C@H]1CN(S(=O)(=O)N2CCN(C(=O)C3CCCCC3)CC2)C[C@H](C)O1. The predicted octanol–water partition coefficient (Wildman–Crippen LogP) is 1.06. The molecule has 0 aromatic heterocycles. The van der Waals surface area contributed by atoms with Crippen LogP contribution in [-0.4, -0.2) is 79.3 Å². The van der Waals surface area contributed by atoms with E-state index in [9.17, 15) is 13.2 Å². The third-order valence-corrected chi connectivity index (χ3v) is 7.51. The molecule has 0 radical (unpaired) electrons. The van der Waals surface area contributed by atoms with Crippen molar-refractivity contribution in [1.29, 1.82) is 0 Å². The number of nitrogens with zero attached hydrogens (tertiary/aromatic N) is 3. The van der Waals surface area contributed by atoms with Gasteiger partial charge in [0.2, 0.25) is 5.91 Å². The molecule has 2 atom stereocenters. The van der Waals surface area contributed by atoms with Gasteiger partial charge in [0.05, 0.1) is 12.2 Å². The lowest BCUT2D eigenvalue weighted by Gasteiger charge is -2.41. The highest BCUT2D eigenvalue weighted by Crippen LogP contribution is 2.26. The average molecular weight is 374 g/mol. The van der Waals surface area contributed by atoms with Gasteiger partial charge in [-0.25, -0.2) is 0 Å². The Kier molecular flexibility index (Phi) is 6.03. The van der Waals surface area contributed by atoms with E-state index < -0.39 is 10.2 Å². The van der Waals surface area contributed by atoms with Crippen LogP contribution in [0.5, 0.6) is 0 Å². The maximum absolute atomic E-state index is 12.9.